The van der Waals surface area contributed by atoms with Crippen molar-refractivity contribution in [2.45, 2.75) is 13.0 Å². The number of pyridine rings is 1. The SMILES string of the molecule is Cc1sc(C(=O)NC2COC2)cc1-n1ncc2nc(Oc3ccccc3Cl)ccc21. The minimum absolute atomic E-state index is 0.0901. The van der Waals surface area contributed by atoms with Gasteiger partial charge in [0.2, 0.25) is 5.88 Å². The average molecular weight is 441 g/mol. The Morgan fingerprint density at radius 3 is 2.90 bits per heavy atom. The normalized spacial score (nSPS) is 13.9. The lowest BCUT2D eigenvalue weighted by atomic mass is 10.2. The van der Waals surface area contributed by atoms with Gasteiger partial charge in [0.05, 0.1) is 46.6 Å². The Hall–Kier alpha value is -2.94. The highest BCUT2D eigenvalue weighted by molar-refractivity contribution is 7.14. The zero-order valence-electron chi connectivity index (χ0n) is 16.0. The van der Waals surface area contributed by atoms with Gasteiger partial charge in [0.1, 0.15) is 11.3 Å². The first-order valence-corrected chi connectivity index (χ1v) is 10.5. The molecule has 0 bridgehead atoms. The number of fused-ring (bicyclic) bond motifs is 1. The van der Waals surface area contributed by atoms with Gasteiger partial charge in [-0.2, -0.15) is 5.10 Å². The molecule has 1 aliphatic heterocycles. The number of hydrogen-bond donors (Lipinski definition) is 1. The molecule has 4 heterocycles. The smallest absolute Gasteiger partial charge is 0.261 e. The van der Waals surface area contributed by atoms with E-state index in [0.717, 1.165) is 16.1 Å². The van der Waals surface area contributed by atoms with Crippen molar-refractivity contribution in [3.05, 3.63) is 63.4 Å². The van der Waals surface area contributed by atoms with Crippen LogP contribution in [0.3, 0.4) is 0 Å². The van der Waals surface area contributed by atoms with Gasteiger partial charge in [-0.05, 0) is 31.2 Å². The number of ether oxygens (including phenoxy) is 2. The number of benzene rings is 1. The van der Waals surface area contributed by atoms with Crippen molar-refractivity contribution in [2.24, 2.45) is 0 Å². The third-order valence-corrected chi connectivity index (χ3v) is 6.12. The molecular formula is C21H17ClN4O3S. The predicted molar refractivity (Wildman–Crippen MR) is 115 cm³/mol. The molecule has 4 aromatic rings. The summed E-state index contributed by atoms with van der Waals surface area (Å²) in [6, 6.07) is 12.9. The van der Waals surface area contributed by atoms with Crippen LogP contribution in [0.4, 0.5) is 0 Å². The van der Waals surface area contributed by atoms with Crippen molar-refractivity contribution in [3.63, 3.8) is 0 Å². The fourth-order valence-electron chi connectivity index (χ4n) is 3.16. The van der Waals surface area contributed by atoms with E-state index in [1.165, 1.54) is 11.3 Å². The van der Waals surface area contributed by atoms with Crippen LogP contribution in [0, 0.1) is 6.92 Å². The molecule has 1 fully saturated rings. The molecule has 3 aromatic heterocycles. The Balaban J connectivity index is 1.42. The summed E-state index contributed by atoms with van der Waals surface area (Å²) in [6.07, 6.45) is 1.68. The minimum atomic E-state index is -0.0901. The highest BCUT2D eigenvalue weighted by Gasteiger charge is 2.23. The number of amides is 1. The maximum Gasteiger partial charge on any atom is 0.261 e. The molecule has 0 saturated carbocycles. The quantitative estimate of drug-likeness (QED) is 0.498. The first-order chi connectivity index (χ1) is 14.6. The zero-order chi connectivity index (χ0) is 20.7. The Bertz CT molecular complexity index is 1250. The van der Waals surface area contributed by atoms with Gasteiger partial charge in [0.25, 0.3) is 5.91 Å². The van der Waals surface area contributed by atoms with Crippen LogP contribution in [-0.4, -0.2) is 39.9 Å². The number of carbonyl (C=O) groups excluding carboxylic acids is 1. The molecule has 30 heavy (non-hydrogen) atoms. The molecule has 0 unspecified atom stereocenters. The van der Waals surface area contributed by atoms with E-state index in [2.05, 4.69) is 15.4 Å². The Morgan fingerprint density at radius 2 is 2.13 bits per heavy atom. The van der Waals surface area contributed by atoms with Crippen molar-refractivity contribution in [3.8, 4) is 17.3 Å². The lowest BCUT2D eigenvalue weighted by Crippen LogP contribution is -2.48. The number of aromatic nitrogens is 3. The molecule has 1 aromatic carbocycles. The Labute approximate surface area is 181 Å². The number of para-hydroxylation sites is 1. The second-order valence-electron chi connectivity index (χ2n) is 6.90. The second kappa shape index (κ2) is 7.71. The van der Waals surface area contributed by atoms with E-state index < -0.39 is 0 Å². The molecule has 5 rings (SSSR count). The van der Waals surface area contributed by atoms with E-state index in [1.54, 1.807) is 29.1 Å². The van der Waals surface area contributed by atoms with E-state index in [0.29, 0.717) is 40.3 Å². The molecule has 7 nitrogen and oxygen atoms in total. The van der Waals surface area contributed by atoms with Crippen LogP contribution in [0.25, 0.3) is 16.7 Å². The lowest BCUT2D eigenvalue weighted by Gasteiger charge is -2.26. The molecular weight excluding hydrogens is 424 g/mol. The Kier molecular flexibility index (Phi) is 4.90. The molecule has 0 spiro atoms. The van der Waals surface area contributed by atoms with Crippen LogP contribution in [-0.2, 0) is 4.74 Å². The third-order valence-electron chi connectivity index (χ3n) is 4.77. The highest BCUT2D eigenvalue weighted by Crippen LogP contribution is 2.31. The van der Waals surface area contributed by atoms with Crippen molar-refractivity contribution in [1.82, 2.24) is 20.1 Å². The first kappa shape index (κ1) is 19.0. The average Bonchev–Trinajstić information content (AvgIpc) is 3.29. The number of nitrogens with one attached hydrogen (secondary N) is 1. The number of thiophene rings is 1. The van der Waals surface area contributed by atoms with Gasteiger partial charge in [-0.1, -0.05) is 23.7 Å². The number of carbonyl (C=O) groups is 1. The van der Waals surface area contributed by atoms with Gasteiger partial charge >= 0.3 is 0 Å². The van der Waals surface area contributed by atoms with Crippen LogP contribution in [0.2, 0.25) is 5.02 Å². The molecule has 0 aliphatic carbocycles. The van der Waals surface area contributed by atoms with Crippen LogP contribution < -0.4 is 10.1 Å². The molecule has 152 valence electrons. The molecule has 0 atom stereocenters. The van der Waals surface area contributed by atoms with Crippen molar-refractivity contribution < 1.29 is 14.3 Å². The van der Waals surface area contributed by atoms with Gasteiger partial charge < -0.3 is 14.8 Å². The molecule has 9 heteroatoms. The third kappa shape index (κ3) is 3.54. The summed E-state index contributed by atoms with van der Waals surface area (Å²) in [4.78, 5) is 18.6. The predicted octanol–water partition coefficient (Wildman–Crippen LogP) is 4.36. The topological polar surface area (TPSA) is 78.3 Å². The summed E-state index contributed by atoms with van der Waals surface area (Å²) < 4.78 is 12.7. The summed E-state index contributed by atoms with van der Waals surface area (Å²) in [6.45, 7) is 3.10. The van der Waals surface area contributed by atoms with Crippen molar-refractivity contribution in [2.75, 3.05) is 13.2 Å². The fraction of sp³-hybridized carbons (Fsp3) is 0.190. The van der Waals surface area contributed by atoms with Gasteiger partial charge in [-0.25, -0.2) is 9.67 Å². The summed E-state index contributed by atoms with van der Waals surface area (Å²) in [5.74, 6) is 0.882. The Morgan fingerprint density at radius 1 is 1.30 bits per heavy atom. The molecule has 1 N–H and O–H groups in total. The maximum atomic E-state index is 12.5. The number of rotatable bonds is 5. The summed E-state index contributed by atoms with van der Waals surface area (Å²) in [5, 5.41) is 7.97. The molecule has 1 aliphatic rings. The standard InChI is InChI=1S/C21H17ClN4O3S/c1-12-17(8-19(30-12)21(27)24-13-10-28-11-13)26-16-6-7-20(25-15(16)9-23-26)29-18-5-3-2-4-14(18)22/h2-9,13H,10-11H2,1H3,(H,24,27). The largest absolute Gasteiger partial charge is 0.437 e. The molecule has 1 amide bonds. The van der Waals surface area contributed by atoms with E-state index >= 15 is 0 Å². The van der Waals surface area contributed by atoms with E-state index in [4.69, 9.17) is 21.1 Å². The number of aryl methyl sites for hydroxylation is 1. The van der Waals surface area contributed by atoms with Gasteiger partial charge in [-0.3, -0.25) is 4.79 Å². The summed E-state index contributed by atoms with van der Waals surface area (Å²) in [7, 11) is 0. The van der Waals surface area contributed by atoms with Gasteiger partial charge in [-0.15, -0.1) is 11.3 Å². The fourth-order valence-corrected chi connectivity index (χ4v) is 4.23. The van der Waals surface area contributed by atoms with Gasteiger partial charge in [0, 0.05) is 10.9 Å². The van der Waals surface area contributed by atoms with Crippen LogP contribution in [0.1, 0.15) is 14.5 Å². The van der Waals surface area contributed by atoms with Crippen LogP contribution >= 0.6 is 22.9 Å². The summed E-state index contributed by atoms with van der Waals surface area (Å²) in [5.41, 5.74) is 2.36. The molecule has 0 radical (unpaired) electrons. The second-order valence-corrected chi connectivity index (χ2v) is 8.57. The van der Waals surface area contributed by atoms with Crippen LogP contribution in [0.15, 0.2) is 48.7 Å². The lowest BCUT2D eigenvalue weighted by molar-refractivity contribution is -0.00338. The van der Waals surface area contributed by atoms with Crippen molar-refractivity contribution >= 4 is 39.9 Å². The summed E-state index contributed by atoms with van der Waals surface area (Å²) >= 11 is 7.60. The highest BCUT2D eigenvalue weighted by atomic mass is 35.5. The first-order valence-electron chi connectivity index (χ1n) is 9.35. The maximum absolute atomic E-state index is 12.5. The monoisotopic (exact) mass is 440 g/mol. The number of nitrogens with zero attached hydrogens (tertiary/aromatic N) is 3. The van der Waals surface area contributed by atoms with E-state index in [-0.39, 0.29) is 11.9 Å². The zero-order valence-corrected chi connectivity index (χ0v) is 17.5. The minimum Gasteiger partial charge on any atom is -0.437 e. The van der Waals surface area contributed by atoms with Gasteiger partial charge in [0.15, 0.2) is 0 Å². The van der Waals surface area contributed by atoms with Crippen LogP contribution in [0.5, 0.6) is 11.6 Å². The number of hydrogen-bond acceptors (Lipinski definition) is 6. The van der Waals surface area contributed by atoms with Crippen molar-refractivity contribution in [1.29, 1.82) is 0 Å². The van der Waals surface area contributed by atoms with E-state index in [9.17, 15) is 4.79 Å². The molecule has 1 saturated heterocycles. The number of halogens is 1. The van der Waals surface area contributed by atoms with E-state index in [1.807, 2.05) is 31.2 Å².